The Bertz CT molecular complexity index is 530. The topological polar surface area (TPSA) is 84.5 Å². The van der Waals surface area contributed by atoms with Crippen molar-refractivity contribution in [3.8, 4) is 0 Å². The molecule has 2 N–H and O–H groups in total. The summed E-state index contributed by atoms with van der Waals surface area (Å²) in [6, 6.07) is 9.80. The first-order valence-electron chi connectivity index (χ1n) is 6.82. The Morgan fingerprint density at radius 3 is 2.52 bits per heavy atom. The predicted octanol–water partition coefficient (Wildman–Crippen LogP) is 0.891. The van der Waals surface area contributed by atoms with Gasteiger partial charge in [0.25, 0.3) is 0 Å². The highest BCUT2D eigenvalue weighted by Crippen LogP contribution is 2.47. The van der Waals surface area contributed by atoms with E-state index in [0.717, 1.165) is 12.0 Å². The monoisotopic (exact) mass is 290 g/mol. The molecule has 0 aromatic heterocycles. The van der Waals surface area contributed by atoms with E-state index in [0.29, 0.717) is 0 Å². The maximum atomic E-state index is 11.9. The summed E-state index contributed by atoms with van der Waals surface area (Å²) in [4.78, 5) is 34.2. The van der Waals surface area contributed by atoms with Gasteiger partial charge in [-0.1, -0.05) is 30.3 Å². The molecule has 0 aliphatic heterocycles. The second-order valence-electron chi connectivity index (χ2n) is 4.97. The molecule has 1 aromatic carbocycles. The van der Waals surface area contributed by atoms with Gasteiger partial charge in [-0.2, -0.15) is 0 Å². The molecule has 1 fully saturated rings. The Morgan fingerprint density at radius 2 is 1.86 bits per heavy atom. The molecule has 1 aliphatic rings. The van der Waals surface area contributed by atoms with Crippen molar-refractivity contribution in [2.45, 2.75) is 25.2 Å². The van der Waals surface area contributed by atoms with Gasteiger partial charge in [0, 0.05) is 12.3 Å². The summed E-state index contributed by atoms with van der Waals surface area (Å²) in [5.74, 6) is -0.949. The molecule has 21 heavy (non-hydrogen) atoms. The van der Waals surface area contributed by atoms with Gasteiger partial charge in [-0.15, -0.1) is 0 Å². The lowest BCUT2D eigenvalue weighted by molar-refractivity contribution is -0.142. The Hall–Kier alpha value is -2.37. The minimum absolute atomic E-state index is 0.00568. The van der Waals surface area contributed by atoms with Gasteiger partial charge in [-0.05, 0) is 17.9 Å². The van der Waals surface area contributed by atoms with Crippen molar-refractivity contribution in [2.24, 2.45) is 5.92 Å². The molecule has 2 amide bonds. The molecular formula is C15H18N2O4. The highest BCUT2D eigenvalue weighted by Gasteiger charge is 2.43. The normalized spacial score (nSPS) is 19.5. The zero-order valence-corrected chi connectivity index (χ0v) is 11.8. The van der Waals surface area contributed by atoms with Crippen LogP contribution in [0.4, 0.5) is 0 Å². The Morgan fingerprint density at radius 1 is 1.14 bits per heavy atom. The summed E-state index contributed by atoms with van der Waals surface area (Å²) in [6.45, 7) is 0. The van der Waals surface area contributed by atoms with Gasteiger partial charge in [0.15, 0.2) is 0 Å². The molecule has 0 saturated heterocycles. The number of hydrogen-bond donors (Lipinski definition) is 2. The van der Waals surface area contributed by atoms with Crippen molar-refractivity contribution in [3.05, 3.63) is 35.9 Å². The lowest BCUT2D eigenvalue weighted by Crippen LogP contribution is -2.42. The average Bonchev–Trinajstić information content (AvgIpc) is 3.31. The van der Waals surface area contributed by atoms with E-state index in [1.165, 1.54) is 7.11 Å². The van der Waals surface area contributed by atoms with Gasteiger partial charge in [-0.3, -0.25) is 25.2 Å². The zero-order valence-electron chi connectivity index (χ0n) is 11.8. The van der Waals surface area contributed by atoms with Crippen LogP contribution >= 0.6 is 0 Å². The van der Waals surface area contributed by atoms with Gasteiger partial charge < -0.3 is 4.74 Å². The van der Waals surface area contributed by atoms with E-state index < -0.39 is 11.9 Å². The average molecular weight is 290 g/mol. The molecular weight excluding hydrogens is 272 g/mol. The fraction of sp³-hybridized carbons (Fsp3) is 0.400. The smallest absolute Gasteiger partial charge is 0.306 e. The lowest BCUT2D eigenvalue weighted by atomic mass is 10.1. The Balaban J connectivity index is 1.69. The molecule has 0 unspecified atom stereocenters. The number of benzene rings is 1. The van der Waals surface area contributed by atoms with Crippen LogP contribution in [-0.2, 0) is 19.1 Å². The van der Waals surface area contributed by atoms with Crippen molar-refractivity contribution >= 4 is 17.8 Å². The third kappa shape index (κ3) is 4.30. The zero-order chi connectivity index (χ0) is 15.2. The summed E-state index contributed by atoms with van der Waals surface area (Å²) in [5, 5.41) is 0. The number of rotatable bonds is 5. The standard InChI is InChI=1S/C15H18N2O4/c1-21-14(19)8-7-13(18)16-17-15(20)12-9-11(12)10-5-3-2-4-6-10/h2-6,11-12H,7-9H2,1H3,(H,16,18)(H,17,20)/t11-,12+/m0/s1. The van der Waals surface area contributed by atoms with Crippen molar-refractivity contribution in [3.63, 3.8) is 0 Å². The number of carbonyl (C=O) groups excluding carboxylic acids is 3. The van der Waals surface area contributed by atoms with Crippen molar-refractivity contribution in [1.82, 2.24) is 10.9 Å². The number of hydrazine groups is 1. The number of ether oxygens (including phenoxy) is 1. The maximum absolute atomic E-state index is 11.9. The van der Waals surface area contributed by atoms with Crippen LogP contribution in [0.5, 0.6) is 0 Å². The van der Waals surface area contributed by atoms with Crippen molar-refractivity contribution in [1.29, 1.82) is 0 Å². The summed E-state index contributed by atoms with van der Waals surface area (Å²) in [7, 11) is 1.26. The third-order valence-electron chi connectivity index (χ3n) is 3.46. The van der Waals surface area contributed by atoms with Crippen LogP contribution in [0.1, 0.15) is 30.7 Å². The Kier molecular flexibility index (Phi) is 4.92. The van der Waals surface area contributed by atoms with Gasteiger partial charge in [0.1, 0.15) is 0 Å². The van der Waals surface area contributed by atoms with Crippen LogP contribution in [0.3, 0.4) is 0 Å². The molecule has 112 valence electrons. The first kappa shape index (κ1) is 15.0. The Labute approximate surface area is 122 Å². The van der Waals surface area contributed by atoms with E-state index in [2.05, 4.69) is 15.6 Å². The molecule has 0 bridgehead atoms. The van der Waals surface area contributed by atoms with E-state index in [1.54, 1.807) is 0 Å². The summed E-state index contributed by atoms with van der Waals surface area (Å²) in [5.41, 5.74) is 5.84. The largest absolute Gasteiger partial charge is 0.469 e. The molecule has 0 spiro atoms. The van der Waals surface area contributed by atoms with E-state index in [4.69, 9.17) is 0 Å². The highest BCUT2D eigenvalue weighted by atomic mass is 16.5. The van der Waals surface area contributed by atoms with E-state index in [1.807, 2.05) is 30.3 Å². The first-order valence-corrected chi connectivity index (χ1v) is 6.82. The van der Waals surface area contributed by atoms with Gasteiger partial charge in [-0.25, -0.2) is 0 Å². The number of nitrogens with one attached hydrogen (secondary N) is 2. The lowest BCUT2D eigenvalue weighted by Gasteiger charge is -2.07. The van der Waals surface area contributed by atoms with Crippen LogP contribution in [0.15, 0.2) is 30.3 Å². The number of hydrogen-bond acceptors (Lipinski definition) is 4. The second kappa shape index (κ2) is 6.88. The maximum Gasteiger partial charge on any atom is 0.306 e. The van der Waals surface area contributed by atoms with Crippen LogP contribution < -0.4 is 10.9 Å². The van der Waals surface area contributed by atoms with Crippen molar-refractivity contribution < 1.29 is 19.1 Å². The fourth-order valence-electron chi connectivity index (χ4n) is 2.16. The molecule has 1 aromatic rings. The number of esters is 1. The van der Waals surface area contributed by atoms with E-state index in [-0.39, 0.29) is 30.6 Å². The van der Waals surface area contributed by atoms with E-state index in [9.17, 15) is 14.4 Å². The second-order valence-corrected chi connectivity index (χ2v) is 4.97. The minimum Gasteiger partial charge on any atom is -0.469 e. The van der Waals surface area contributed by atoms with Crippen LogP contribution in [0.2, 0.25) is 0 Å². The van der Waals surface area contributed by atoms with Gasteiger partial charge in [0.2, 0.25) is 11.8 Å². The van der Waals surface area contributed by atoms with Crippen LogP contribution in [0, 0.1) is 5.92 Å². The summed E-state index contributed by atoms with van der Waals surface area (Å²) < 4.78 is 4.43. The fourth-order valence-corrected chi connectivity index (χ4v) is 2.16. The minimum atomic E-state index is -0.456. The number of carbonyl (C=O) groups is 3. The SMILES string of the molecule is COC(=O)CCC(=O)NNC(=O)[C@@H]1C[C@H]1c1ccccc1. The number of methoxy groups -OCH3 is 1. The summed E-state index contributed by atoms with van der Waals surface area (Å²) in [6.07, 6.45) is 0.766. The van der Waals surface area contributed by atoms with Gasteiger partial charge in [0.05, 0.1) is 13.5 Å². The molecule has 1 saturated carbocycles. The quantitative estimate of drug-likeness (QED) is 0.623. The van der Waals surface area contributed by atoms with Crippen LogP contribution in [-0.4, -0.2) is 24.9 Å². The summed E-state index contributed by atoms with van der Waals surface area (Å²) >= 11 is 0. The molecule has 1 aliphatic carbocycles. The van der Waals surface area contributed by atoms with Crippen molar-refractivity contribution in [2.75, 3.05) is 7.11 Å². The predicted molar refractivity (Wildman–Crippen MR) is 74.8 cm³/mol. The molecule has 2 rings (SSSR count). The first-order chi connectivity index (χ1) is 10.1. The number of amides is 2. The van der Waals surface area contributed by atoms with Crippen LogP contribution in [0.25, 0.3) is 0 Å². The van der Waals surface area contributed by atoms with E-state index >= 15 is 0 Å². The molecule has 6 nitrogen and oxygen atoms in total. The highest BCUT2D eigenvalue weighted by molar-refractivity contribution is 5.87. The molecule has 0 radical (unpaired) electrons. The molecule has 6 heteroatoms. The molecule has 0 heterocycles. The third-order valence-corrected chi connectivity index (χ3v) is 3.46. The molecule has 2 atom stereocenters. The van der Waals surface area contributed by atoms with Gasteiger partial charge >= 0.3 is 5.97 Å².